The molecule has 1 atom stereocenters. The van der Waals surface area contributed by atoms with Crippen LogP contribution in [0.5, 0.6) is 0 Å². The highest BCUT2D eigenvalue weighted by Gasteiger charge is 2.32. The van der Waals surface area contributed by atoms with Gasteiger partial charge in [-0.25, -0.2) is 0 Å². The Morgan fingerprint density at radius 3 is 2.47 bits per heavy atom. The van der Waals surface area contributed by atoms with Gasteiger partial charge in [0.2, 0.25) is 0 Å². The maximum Gasteiger partial charge on any atom is 0.257 e. The van der Waals surface area contributed by atoms with Crippen LogP contribution in [0.3, 0.4) is 0 Å². The summed E-state index contributed by atoms with van der Waals surface area (Å²) < 4.78 is 0. The number of rotatable bonds is 1. The number of nitro groups is 1. The van der Waals surface area contributed by atoms with Crippen LogP contribution in [0.15, 0.2) is 34.9 Å². The van der Waals surface area contributed by atoms with Crippen molar-refractivity contribution in [1.82, 2.24) is 0 Å². The molecule has 4 heteroatoms. The van der Waals surface area contributed by atoms with E-state index in [0.717, 1.165) is 5.57 Å². The number of halogens is 1. The summed E-state index contributed by atoms with van der Waals surface area (Å²) in [6.07, 6.45) is 6.37. The fourth-order valence-corrected chi connectivity index (χ4v) is 1.44. The van der Waals surface area contributed by atoms with Gasteiger partial charge in [-0.2, -0.15) is 0 Å². The maximum absolute atomic E-state index is 10.7. The lowest BCUT2D eigenvalue weighted by atomic mass is 10.0. The van der Waals surface area contributed by atoms with Gasteiger partial charge in [0.25, 0.3) is 5.54 Å². The van der Waals surface area contributed by atoms with E-state index in [-0.39, 0.29) is 4.92 Å². The Balaban J connectivity index is 0.000000921. The van der Waals surface area contributed by atoms with E-state index in [0.29, 0.717) is 5.03 Å². The number of allylic oxidation sites excluding steroid dienone is 4. The predicted octanol–water partition coefficient (Wildman–Crippen LogP) is 3.69. The van der Waals surface area contributed by atoms with E-state index in [1.54, 1.807) is 12.2 Å². The van der Waals surface area contributed by atoms with Crippen LogP contribution in [0.4, 0.5) is 0 Å². The van der Waals surface area contributed by atoms with Crippen LogP contribution in [0, 0.1) is 10.1 Å². The molecule has 3 nitrogen and oxygen atoms in total. The second-order valence-electron chi connectivity index (χ2n) is 3.23. The zero-order valence-corrected chi connectivity index (χ0v) is 10.2. The van der Waals surface area contributed by atoms with Gasteiger partial charge >= 0.3 is 0 Å². The predicted molar refractivity (Wildman–Crippen MR) is 63.6 cm³/mol. The smallest absolute Gasteiger partial charge is 0.257 e. The van der Waals surface area contributed by atoms with Crippen molar-refractivity contribution in [1.29, 1.82) is 0 Å². The van der Waals surface area contributed by atoms with Crippen molar-refractivity contribution in [2.45, 2.75) is 33.2 Å². The summed E-state index contributed by atoms with van der Waals surface area (Å²) in [4.78, 5) is 10.3. The topological polar surface area (TPSA) is 43.1 Å². The molecule has 0 saturated carbocycles. The minimum Gasteiger partial charge on any atom is -0.263 e. The summed E-state index contributed by atoms with van der Waals surface area (Å²) in [5, 5.41) is 11.1. The van der Waals surface area contributed by atoms with Crippen LogP contribution in [-0.2, 0) is 0 Å². The first-order valence-corrected chi connectivity index (χ1v) is 5.22. The van der Waals surface area contributed by atoms with Crippen molar-refractivity contribution in [3.8, 4) is 0 Å². The summed E-state index contributed by atoms with van der Waals surface area (Å²) >= 11 is 5.78. The molecule has 1 unspecified atom stereocenters. The Morgan fingerprint density at radius 2 is 2.00 bits per heavy atom. The van der Waals surface area contributed by atoms with E-state index in [1.165, 1.54) is 19.1 Å². The Morgan fingerprint density at radius 1 is 1.47 bits per heavy atom. The van der Waals surface area contributed by atoms with Crippen LogP contribution in [0.1, 0.15) is 27.7 Å². The largest absolute Gasteiger partial charge is 0.263 e. The third-order valence-corrected chi connectivity index (χ3v) is 2.09. The van der Waals surface area contributed by atoms with E-state index in [9.17, 15) is 10.1 Å². The monoisotopic (exact) mass is 229 g/mol. The van der Waals surface area contributed by atoms with Crippen molar-refractivity contribution in [3.05, 3.63) is 45.0 Å². The SMILES string of the molecule is CC.CC1=CC(Cl)=CC(C)([N+](=O)[O-])C=C1. The molecule has 0 N–H and O–H groups in total. The Labute approximate surface area is 95.3 Å². The van der Waals surface area contributed by atoms with E-state index < -0.39 is 5.54 Å². The van der Waals surface area contributed by atoms with Crippen LogP contribution >= 0.6 is 11.6 Å². The zero-order valence-electron chi connectivity index (χ0n) is 9.45. The van der Waals surface area contributed by atoms with Gasteiger partial charge in [-0.15, -0.1) is 0 Å². The molecule has 0 aromatic rings. The van der Waals surface area contributed by atoms with Crippen molar-refractivity contribution >= 4 is 11.6 Å². The standard InChI is InChI=1S/C9H10ClNO2.C2H6/c1-7-3-4-9(2,11(12)13)6-8(10)5-7;1-2/h3-6H,1-2H3;1-2H3. The molecule has 15 heavy (non-hydrogen) atoms. The van der Waals surface area contributed by atoms with Crippen molar-refractivity contribution in [3.63, 3.8) is 0 Å². The van der Waals surface area contributed by atoms with Gasteiger partial charge in [0.05, 0.1) is 0 Å². The second kappa shape index (κ2) is 5.71. The maximum atomic E-state index is 10.7. The van der Waals surface area contributed by atoms with E-state index in [1.807, 2.05) is 20.8 Å². The summed E-state index contributed by atoms with van der Waals surface area (Å²) in [6, 6.07) is 0. The van der Waals surface area contributed by atoms with Crippen molar-refractivity contribution in [2.24, 2.45) is 0 Å². The van der Waals surface area contributed by atoms with Crippen LogP contribution in [0.25, 0.3) is 0 Å². The third-order valence-electron chi connectivity index (χ3n) is 1.87. The van der Waals surface area contributed by atoms with E-state index in [2.05, 4.69) is 0 Å². The zero-order chi connectivity index (χ0) is 12.1. The molecule has 0 aliphatic heterocycles. The van der Waals surface area contributed by atoms with Crippen LogP contribution < -0.4 is 0 Å². The third kappa shape index (κ3) is 3.88. The van der Waals surface area contributed by atoms with Crippen LogP contribution in [0.2, 0.25) is 0 Å². The number of hydrogen-bond acceptors (Lipinski definition) is 2. The van der Waals surface area contributed by atoms with Gasteiger partial charge in [0.1, 0.15) is 0 Å². The lowest BCUT2D eigenvalue weighted by molar-refractivity contribution is -0.535. The molecule has 1 aliphatic rings. The van der Waals surface area contributed by atoms with Gasteiger partial charge in [0.15, 0.2) is 0 Å². The molecule has 1 rings (SSSR count). The molecule has 0 heterocycles. The molecule has 0 amide bonds. The number of nitrogens with zero attached hydrogens (tertiary/aromatic N) is 1. The molecule has 0 fully saturated rings. The molecule has 0 saturated heterocycles. The van der Waals surface area contributed by atoms with Gasteiger partial charge in [0, 0.05) is 23.0 Å². The Hall–Kier alpha value is -1.09. The molecule has 84 valence electrons. The fraction of sp³-hybridized carbons (Fsp3) is 0.455. The molecule has 0 bridgehead atoms. The van der Waals surface area contributed by atoms with E-state index in [4.69, 9.17) is 11.6 Å². The summed E-state index contributed by atoms with van der Waals surface area (Å²) in [7, 11) is 0. The quantitative estimate of drug-likeness (QED) is 0.508. The van der Waals surface area contributed by atoms with Gasteiger partial charge < -0.3 is 0 Å². The van der Waals surface area contributed by atoms with Crippen LogP contribution in [-0.4, -0.2) is 10.5 Å². The fourth-order valence-electron chi connectivity index (χ4n) is 1.05. The van der Waals surface area contributed by atoms with Gasteiger partial charge in [-0.3, -0.25) is 10.1 Å². The highest BCUT2D eigenvalue weighted by molar-refractivity contribution is 6.31. The lowest BCUT2D eigenvalue weighted by Gasteiger charge is -2.10. The highest BCUT2D eigenvalue weighted by Crippen LogP contribution is 2.23. The first-order chi connectivity index (χ1) is 6.94. The molecular formula is C11H16ClNO2. The Kier molecular flexibility index (Phi) is 5.29. The van der Waals surface area contributed by atoms with Crippen molar-refractivity contribution < 1.29 is 4.92 Å². The van der Waals surface area contributed by atoms with E-state index >= 15 is 0 Å². The summed E-state index contributed by atoms with van der Waals surface area (Å²) in [5.41, 5.74) is -0.280. The molecule has 0 aromatic carbocycles. The molecule has 0 aromatic heterocycles. The molecular weight excluding hydrogens is 214 g/mol. The molecule has 0 radical (unpaired) electrons. The molecule has 0 spiro atoms. The highest BCUT2D eigenvalue weighted by atomic mass is 35.5. The first-order valence-electron chi connectivity index (χ1n) is 4.84. The Bertz CT molecular complexity index is 331. The summed E-state index contributed by atoms with van der Waals surface area (Å²) in [5.74, 6) is 0. The van der Waals surface area contributed by atoms with Crippen molar-refractivity contribution in [2.75, 3.05) is 0 Å². The average Bonchev–Trinajstić information content (AvgIpc) is 2.29. The average molecular weight is 230 g/mol. The van der Waals surface area contributed by atoms with Gasteiger partial charge in [-0.05, 0) is 24.6 Å². The summed E-state index contributed by atoms with van der Waals surface area (Å²) in [6.45, 7) is 7.36. The minimum absolute atomic E-state index is 0.363. The number of hydrogen-bond donors (Lipinski definition) is 0. The normalized spacial score (nSPS) is 24.3. The molecule has 1 aliphatic carbocycles. The van der Waals surface area contributed by atoms with Gasteiger partial charge in [-0.1, -0.05) is 31.5 Å². The lowest BCUT2D eigenvalue weighted by Crippen LogP contribution is -2.29. The minimum atomic E-state index is -1.19. The first kappa shape index (κ1) is 13.9. The second-order valence-corrected chi connectivity index (χ2v) is 3.67.